The van der Waals surface area contributed by atoms with E-state index in [1.165, 1.54) is 40.9 Å². The minimum absolute atomic E-state index is 0.301. The van der Waals surface area contributed by atoms with Gasteiger partial charge < -0.3 is 14.6 Å². The Morgan fingerprint density at radius 1 is 1.35 bits per heavy atom. The van der Waals surface area contributed by atoms with Gasteiger partial charge in [-0.2, -0.15) is 0 Å². The van der Waals surface area contributed by atoms with Crippen LogP contribution in [0.5, 0.6) is 0 Å². The van der Waals surface area contributed by atoms with E-state index < -0.39 is 0 Å². The van der Waals surface area contributed by atoms with E-state index in [9.17, 15) is 4.79 Å². The van der Waals surface area contributed by atoms with Crippen molar-refractivity contribution in [3.63, 3.8) is 0 Å². The highest BCUT2D eigenvalue weighted by Gasteiger charge is 2.30. The molecule has 1 aromatic carbocycles. The Morgan fingerprint density at radius 3 is 3.09 bits per heavy atom. The first kappa shape index (κ1) is 14.1. The van der Waals surface area contributed by atoms with Gasteiger partial charge in [-0.05, 0) is 36.5 Å². The van der Waals surface area contributed by atoms with E-state index in [2.05, 4.69) is 45.1 Å². The molecule has 2 aromatic rings. The number of aromatic amines is 1. The van der Waals surface area contributed by atoms with E-state index in [4.69, 9.17) is 0 Å². The number of allylic oxidation sites excluding steroid dienone is 2. The Bertz CT molecular complexity index is 816. The number of hydrogen-bond donors (Lipinski definition) is 1. The van der Waals surface area contributed by atoms with E-state index in [0.29, 0.717) is 6.04 Å². The van der Waals surface area contributed by atoms with Gasteiger partial charge in [-0.25, -0.2) is 4.79 Å². The maximum Gasteiger partial charge on any atom is 0.330 e. The quantitative estimate of drug-likeness (QED) is 0.682. The van der Waals surface area contributed by atoms with E-state index in [0.717, 1.165) is 25.8 Å². The van der Waals surface area contributed by atoms with Crippen LogP contribution in [0.4, 0.5) is 0 Å². The second-order valence-corrected chi connectivity index (χ2v) is 6.17. The second kappa shape index (κ2) is 5.61. The molecule has 4 heteroatoms. The first-order valence-corrected chi connectivity index (χ1v) is 8.08. The Morgan fingerprint density at radius 2 is 2.22 bits per heavy atom. The number of hydrogen-bond acceptors (Lipinski definition) is 3. The summed E-state index contributed by atoms with van der Waals surface area (Å²) < 4.78 is 4.66. The minimum atomic E-state index is -0.301. The minimum Gasteiger partial charge on any atom is -0.466 e. The number of carbonyl (C=O) groups excluding carboxylic acids is 1. The zero-order valence-corrected chi connectivity index (χ0v) is 13.2. The summed E-state index contributed by atoms with van der Waals surface area (Å²) in [5.41, 5.74) is 5.26. The molecule has 4 rings (SSSR count). The maximum absolute atomic E-state index is 11.2. The molecule has 1 aromatic heterocycles. The number of carbonyl (C=O) groups is 1. The van der Waals surface area contributed by atoms with Crippen LogP contribution in [0, 0.1) is 0 Å². The first-order chi connectivity index (χ1) is 11.3. The molecule has 4 nitrogen and oxygen atoms in total. The lowest BCUT2D eigenvalue weighted by molar-refractivity contribution is -0.134. The Labute approximate surface area is 135 Å². The van der Waals surface area contributed by atoms with Crippen molar-refractivity contribution in [2.45, 2.75) is 25.3 Å². The molecular formula is C19H20N2O2. The summed E-state index contributed by atoms with van der Waals surface area (Å²) in [6.07, 6.45) is 8.68. The van der Waals surface area contributed by atoms with Crippen LogP contribution in [-0.4, -0.2) is 29.5 Å². The zero-order chi connectivity index (χ0) is 15.8. The standard InChI is InChI=1S/C19H20N2O2/c1-23-18(22)9-7-13-6-8-17-19-15(10-11-21(17)12-13)14-4-2-3-5-16(14)20-19/h2-5,7,9,12,17,20H,6,8,10-11H2,1H3/b9-7+. The summed E-state index contributed by atoms with van der Waals surface area (Å²) in [5.74, 6) is -0.301. The van der Waals surface area contributed by atoms with Gasteiger partial charge in [-0.1, -0.05) is 24.3 Å². The number of ether oxygens (including phenoxy) is 1. The van der Waals surface area contributed by atoms with Crippen LogP contribution >= 0.6 is 0 Å². The van der Waals surface area contributed by atoms with Crippen molar-refractivity contribution in [2.75, 3.05) is 13.7 Å². The number of aromatic nitrogens is 1. The van der Waals surface area contributed by atoms with Gasteiger partial charge >= 0.3 is 5.97 Å². The Hall–Kier alpha value is -2.49. The number of para-hydroxylation sites is 1. The molecule has 0 amide bonds. The van der Waals surface area contributed by atoms with Crippen molar-refractivity contribution in [3.05, 3.63) is 59.4 Å². The highest BCUT2D eigenvalue weighted by Crippen LogP contribution is 2.40. The zero-order valence-electron chi connectivity index (χ0n) is 13.2. The van der Waals surface area contributed by atoms with Crippen molar-refractivity contribution in [1.29, 1.82) is 0 Å². The van der Waals surface area contributed by atoms with Crippen LogP contribution in [0.15, 0.2) is 48.2 Å². The largest absolute Gasteiger partial charge is 0.466 e. The van der Waals surface area contributed by atoms with Crippen LogP contribution in [-0.2, 0) is 16.0 Å². The molecule has 2 aliphatic rings. The summed E-state index contributed by atoms with van der Waals surface area (Å²) in [6, 6.07) is 8.98. The van der Waals surface area contributed by atoms with E-state index in [1.54, 1.807) is 0 Å². The third-order valence-corrected chi connectivity index (χ3v) is 4.87. The molecule has 3 heterocycles. The van der Waals surface area contributed by atoms with Gasteiger partial charge in [-0.3, -0.25) is 0 Å². The number of fused-ring (bicyclic) bond motifs is 5. The SMILES string of the molecule is COC(=O)/C=C/C1=CN2CCc3c([nH]c4ccccc34)C2CC1. The average Bonchev–Trinajstić information content (AvgIpc) is 2.98. The number of nitrogens with zero attached hydrogens (tertiary/aromatic N) is 1. The Kier molecular flexibility index (Phi) is 3.45. The van der Waals surface area contributed by atoms with E-state index in [-0.39, 0.29) is 5.97 Å². The number of nitrogens with one attached hydrogen (secondary N) is 1. The highest BCUT2D eigenvalue weighted by atomic mass is 16.5. The lowest BCUT2D eigenvalue weighted by Crippen LogP contribution is -2.33. The maximum atomic E-state index is 11.2. The lowest BCUT2D eigenvalue weighted by atomic mass is 9.90. The van der Waals surface area contributed by atoms with Crippen LogP contribution in [0.2, 0.25) is 0 Å². The molecule has 2 aliphatic heterocycles. The fourth-order valence-corrected chi connectivity index (χ4v) is 3.75. The fraction of sp³-hybridized carbons (Fsp3) is 0.316. The second-order valence-electron chi connectivity index (χ2n) is 6.17. The van der Waals surface area contributed by atoms with Crippen molar-refractivity contribution in [2.24, 2.45) is 0 Å². The molecule has 0 saturated heterocycles. The van der Waals surface area contributed by atoms with Crippen molar-refractivity contribution in [3.8, 4) is 0 Å². The van der Waals surface area contributed by atoms with Crippen LogP contribution in [0.25, 0.3) is 10.9 Å². The summed E-state index contributed by atoms with van der Waals surface area (Å²) >= 11 is 0. The predicted octanol–water partition coefficient (Wildman–Crippen LogP) is 3.47. The first-order valence-electron chi connectivity index (χ1n) is 8.08. The molecule has 0 radical (unpaired) electrons. The Balaban J connectivity index is 1.64. The molecule has 0 fully saturated rings. The molecule has 1 atom stereocenters. The average molecular weight is 308 g/mol. The molecule has 118 valence electrons. The monoisotopic (exact) mass is 308 g/mol. The molecule has 0 saturated carbocycles. The van der Waals surface area contributed by atoms with Crippen LogP contribution < -0.4 is 0 Å². The van der Waals surface area contributed by atoms with Crippen molar-refractivity contribution < 1.29 is 9.53 Å². The number of rotatable bonds is 2. The summed E-state index contributed by atoms with van der Waals surface area (Å²) in [7, 11) is 1.40. The van der Waals surface area contributed by atoms with Gasteiger partial charge in [0.2, 0.25) is 0 Å². The molecule has 0 bridgehead atoms. The summed E-state index contributed by atoms with van der Waals surface area (Å²) in [4.78, 5) is 17.3. The normalized spacial score (nSPS) is 20.3. The molecule has 0 aliphatic carbocycles. The number of methoxy groups -OCH3 is 1. The van der Waals surface area contributed by atoms with E-state index in [1.807, 2.05) is 6.08 Å². The third kappa shape index (κ3) is 2.44. The lowest BCUT2D eigenvalue weighted by Gasteiger charge is -2.38. The summed E-state index contributed by atoms with van der Waals surface area (Å²) in [5, 5.41) is 1.36. The topological polar surface area (TPSA) is 45.3 Å². The smallest absolute Gasteiger partial charge is 0.330 e. The van der Waals surface area contributed by atoms with Crippen molar-refractivity contribution in [1.82, 2.24) is 9.88 Å². The molecule has 23 heavy (non-hydrogen) atoms. The van der Waals surface area contributed by atoms with Gasteiger partial charge in [0.05, 0.1) is 13.2 Å². The molecular weight excluding hydrogens is 288 g/mol. The van der Waals surface area contributed by atoms with Crippen molar-refractivity contribution >= 4 is 16.9 Å². The number of H-pyrrole nitrogens is 1. The molecule has 0 spiro atoms. The van der Waals surface area contributed by atoms with Gasteiger partial charge in [0.1, 0.15) is 0 Å². The van der Waals surface area contributed by atoms with Gasteiger partial charge in [0.25, 0.3) is 0 Å². The van der Waals surface area contributed by atoms with Gasteiger partial charge in [0, 0.05) is 35.4 Å². The van der Waals surface area contributed by atoms with E-state index >= 15 is 0 Å². The van der Waals surface area contributed by atoms with Crippen LogP contribution in [0.1, 0.15) is 30.1 Å². The number of benzene rings is 1. The molecule has 1 N–H and O–H groups in total. The highest BCUT2D eigenvalue weighted by molar-refractivity contribution is 5.85. The fourth-order valence-electron chi connectivity index (χ4n) is 3.75. The van der Waals surface area contributed by atoms with Crippen LogP contribution in [0.3, 0.4) is 0 Å². The molecule has 1 unspecified atom stereocenters. The number of esters is 1. The summed E-state index contributed by atoms with van der Waals surface area (Å²) in [6.45, 7) is 1.02. The van der Waals surface area contributed by atoms with Gasteiger partial charge in [0.15, 0.2) is 0 Å². The van der Waals surface area contributed by atoms with Gasteiger partial charge in [-0.15, -0.1) is 0 Å². The predicted molar refractivity (Wildman–Crippen MR) is 89.9 cm³/mol. The third-order valence-electron chi connectivity index (χ3n) is 4.87.